The summed E-state index contributed by atoms with van der Waals surface area (Å²) in [6.07, 6.45) is 1.31. The summed E-state index contributed by atoms with van der Waals surface area (Å²) < 4.78 is 5.27. The smallest absolute Gasteiger partial charge is 0.253 e. The quantitative estimate of drug-likeness (QED) is 0.778. The van der Waals surface area contributed by atoms with Gasteiger partial charge in [0, 0.05) is 11.6 Å². The normalized spacial score (nSPS) is 19.7. The highest BCUT2D eigenvalue weighted by Gasteiger charge is 2.23. The number of ether oxygens (including phenoxy) is 1. The van der Waals surface area contributed by atoms with Crippen LogP contribution in [-0.2, 0) is 9.53 Å². The lowest BCUT2D eigenvalue weighted by Crippen LogP contribution is -2.27. The summed E-state index contributed by atoms with van der Waals surface area (Å²) in [5.74, 6) is -0.161. The van der Waals surface area contributed by atoms with Crippen LogP contribution < -0.4 is 11.1 Å². The predicted molar refractivity (Wildman–Crippen MR) is 63.5 cm³/mol. The maximum absolute atomic E-state index is 11.7. The highest BCUT2D eigenvalue weighted by Crippen LogP contribution is 2.24. The summed E-state index contributed by atoms with van der Waals surface area (Å²) in [4.78, 5) is 11.7. The molecule has 1 atom stereocenters. The van der Waals surface area contributed by atoms with E-state index in [9.17, 15) is 4.79 Å². The van der Waals surface area contributed by atoms with Gasteiger partial charge in [-0.3, -0.25) is 4.79 Å². The van der Waals surface area contributed by atoms with Crippen LogP contribution in [0.15, 0.2) is 18.2 Å². The van der Waals surface area contributed by atoms with Crippen molar-refractivity contribution in [3.8, 4) is 0 Å². The monoisotopic (exact) mass is 240 g/mol. The van der Waals surface area contributed by atoms with Gasteiger partial charge < -0.3 is 15.8 Å². The standard InChI is InChI=1S/C11H13ClN2O2/c12-7-3-4-8(13)9(6-7)14-11(15)10-2-1-5-16-10/h3-4,6,10H,1-2,5,13H2,(H,14,15). The molecule has 1 aliphatic heterocycles. The molecule has 86 valence electrons. The van der Waals surface area contributed by atoms with Crippen molar-refractivity contribution in [3.63, 3.8) is 0 Å². The van der Waals surface area contributed by atoms with Gasteiger partial charge in [-0.2, -0.15) is 0 Å². The van der Waals surface area contributed by atoms with E-state index in [0.29, 0.717) is 23.0 Å². The van der Waals surface area contributed by atoms with Crippen LogP contribution in [0.1, 0.15) is 12.8 Å². The first kappa shape index (κ1) is 11.2. The molecular weight excluding hydrogens is 228 g/mol. The number of hydrogen-bond acceptors (Lipinski definition) is 3. The number of nitrogens with one attached hydrogen (secondary N) is 1. The zero-order chi connectivity index (χ0) is 11.5. The molecule has 5 heteroatoms. The molecule has 1 aromatic carbocycles. The van der Waals surface area contributed by atoms with Gasteiger partial charge in [-0.05, 0) is 31.0 Å². The van der Waals surface area contributed by atoms with Gasteiger partial charge in [0.15, 0.2) is 0 Å². The zero-order valence-electron chi connectivity index (χ0n) is 8.70. The van der Waals surface area contributed by atoms with Crippen LogP contribution in [0.2, 0.25) is 5.02 Å². The highest BCUT2D eigenvalue weighted by atomic mass is 35.5. The molecule has 0 saturated carbocycles. The molecule has 0 aliphatic carbocycles. The molecule has 1 aromatic rings. The lowest BCUT2D eigenvalue weighted by molar-refractivity contribution is -0.124. The van der Waals surface area contributed by atoms with Crippen molar-refractivity contribution in [2.24, 2.45) is 0 Å². The molecule has 1 unspecified atom stereocenters. The second-order valence-corrected chi connectivity index (χ2v) is 4.16. The first-order chi connectivity index (χ1) is 7.66. The molecule has 0 radical (unpaired) electrons. The molecule has 1 amide bonds. The Balaban J connectivity index is 2.07. The number of carbonyl (C=O) groups is 1. The minimum atomic E-state index is -0.363. The van der Waals surface area contributed by atoms with E-state index in [4.69, 9.17) is 22.1 Å². The van der Waals surface area contributed by atoms with Crippen LogP contribution in [-0.4, -0.2) is 18.6 Å². The minimum Gasteiger partial charge on any atom is -0.397 e. The van der Waals surface area contributed by atoms with Gasteiger partial charge in [-0.1, -0.05) is 11.6 Å². The van der Waals surface area contributed by atoms with Gasteiger partial charge in [0.05, 0.1) is 11.4 Å². The number of nitrogen functional groups attached to an aromatic ring is 1. The maximum Gasteiger partial charge on any atom is 0.253 e. The third kappa shape index (κ3) is 2.46. The van der Waals surface area contributed by atoms with E-state index in [0.717, 1.165) is 12.8 Å². The van der Waals surface area contributed by atoms with Gasteiger partial charge >= 0.3 is 0 Å². The fourth-order valence-corrected chi connectivity index (χ4v) is 1.81. The summed E-state index contributed by atoms with van der Waals surface area (Å²) >= 11 is 5.82. The fraction of sp³-hybridized carbons (Fsp3) is 0.364. The van der Waals surface area contributed by atoms with Crippen LogP contribution in [0.4, 0.5) is 11.4 Å². The Labute approximate surface area is 98.7 Å². The molecule has 1 saturated heterocycles. The Morgan fingerprint density at radius 3 is 3.06 bits per heavy atom. The van der Waals surface area contributed by atoms with E-state index in [1.54, 1.807) is 18.2 Å². The molecular formula is C11H13ClN2O2. The lowest BCUT2D eigenvalue weighted by Gasteiger charge is -2.12. The predicted octanol–water partition coefficient (Wildman–Crippen LogP) is 2.04. The Hall–Kier alpha value is -1.26. The lowest BCUT2D eigenvalue weighted by atomic mass is 10.2. The van der Waals surface area contributed by atoms with Crippen molar-refractivity contribution in [2.45, 2.75) is 18.9 Å². The van der Waals surface area contributed by atoms with Crippen LogP contribution in [0.3, 0.4) is 0 Å². The first-order valence-corrected chi connectivity index (χ1v) is 5.52. The van der Waals surface area contributed by atoms with Crippen molar-refractivity contribution < 1.29 is 9.53 Å². The Kier molecular flexibility index (Phi) is 3.31. The van der Waals surface area contributed by atoms with E-state index in [1.165, 1.54) is 0 Å². The summed E-state index contributed by atoms with van der Waals surface area (Å²) in [7, 11) is 0. The number of benzene rings is 1. The number of amides is 1. The Morgan fingerprint density at radius 2 is 2.38 bits per heavy atom. The van der Waals surface area contributed by atoms with Crippen molar-refractivity contribution in [1.82, 2.24) is 0 Å². The Bertz CT molecular complexity index is 403. The average Bonchev–Trinajstić information content (AvgIpc) is 2.76. The molecule has 1 heterocycles. The summed E-state index contributed by atoms with van der Waals surface area (Å²) in [6, 6.07) is 4.97. The highest BCUT2D eigenvalue weighted by molar-refractivity contribution is 6.31. The van der Waals surface area contributed by atoms with Crippen LogP contribution >= 0.6 is 11.6 Å². The molecule has 16 heavy (non-hydrogen) atoms. The van der Waals surface area contributed by atoms with Gasteiger partial charge in [-0.25, -0.2) is 0 Å². The molecule has 3 N–H and O–H groups in total. The molecule has 1 fully saturated rings. The average molecular weight is 241 g/mol. The van der Waals surface area contributed by atoms with Gasteiger partial charge in [-0.15, -0.1) is 0 Å². The second kappa shape index (κ2) is 4.72. The number of hydrogen-bond donors (Lipinski definition) is 2. The molecule has 1 aliphatic rings. The summed E-state index contributed by atoms with van der Waals surface area (Å²) in [5, 5.41) is 3.26. The van der Waals surface area contributed by atoms with Crippen molar-refractivity contribution in [3.05, 3.63) is 23.2 Å². The number of carbonyl (C=O) groups excluding carboxylic acids is 1. The number of halogens is 1. The maximum atomic E-state index is 11.7. The molecule has 2 rings (SSSR count). The van der Waals surface area contributed by atoms with E-state index >= 15 is 0 Å². The van der Waals surface area contributed by atoms with Crippen LogP contribution in [0.5, 0.6) is 0 Å². The van der Waals surface area contributed by atoms with E-state index in [-0.39, 0.29) is 12.0 Å². The summed E-state index contributed by atoms with van der Waals surface area (Å²) in [5.41, 5.74) is 6.75. The molecule has 4 nitrogen and oxygen atoms in total. The fourth-order valence-electron chi connectivity index (χ4n) is 1.63. The van der Waals surface area contributed by atoms with Gasteiger partial charge in [0.2, 0.25) is 0 Å². The van der Waals surface area contributed by atoms with Crippen molar-refractivity contribution >= 4 is 28.9 Å². The van der Waals surface area contributed by atoms with E-state index < -0.39 is 0 Å². The van der Waals surface area contributed by atoms with Crippen molar-refractivity contribution in [2.75, 3.05) is 17.7 Å². The van der Waals surface area contributed by atoms with Crippen LogP contribution in [0, 0.1) is 0 Å². The molecule has 0 spiro atoms. The minimum absolute atomic E-state index is 0.161. The van der Waals surface area contributed by atoms with Gasteiger partial charge in [0.25, 0.3) is 5.91 Å². The largest absolute Gasteiger partial charge is 0.397 e. The van der Waals surface area contributed by atoms with E-state index in [2.05, 4.69) is 5.32 Å². The SMILES string of the molecule is Nc1ccc(Cl)cc1NC(=O)C1CCCO1. The number of anilines is 2. The third-order valence-electron chi connectivity index (χ3n) is 2.50. The van der Waals surface area contributed by atoms with Crippen LogP contribution in [0.25, 0.3) is 0 Å². The van der Waals surface area contributed by atoms with Gasteiger partial charge in [0.1, 0.15) is 6.10 Å². The molecule has 0 aromatic heterocycles. The third-order valence-corrected chi connectivity index (χ3v) is 2.73. The second-order valence-electron chi connectivity index (χ2n) is 3.72. The number of rotatable bonds is 2. The topological polar surface area (TPSA) is 64.3 Å². The number of nitrogens with two attached hydrogens (primary N) is 1. The Morgan fingerprint density at radius 1 is 1.56 bits per heavy atom. The first-order valence-electron chi connectivity index (χ1n) is 5.14. The zero-order valence-corrected chi connectivity index (χ0v) is 9.46. The molecule has 0 bridgehead atoms. The summed E-state index contributed by atoms with van der Waals surface area (Å²) in [6.45, 7) is 0.642. The van der Waals surface area contributed by atoms with Crippen molar-refractivity contribution in [1.29, 1.82) is 0 Å². The van der Waals surface area contributed by atoms with E-state index in [1.807, 2.05) is 0 Å².